The predicted octanol–water partition coefficient (Wildman–Crippen LogP) is 1.24. The summed E-state index contributed by atoms with van der Waals surface area (Å²) in [5.74, 6) is -1.27. The molecule has 0 bridgehead atoms. The standard InChI is InChI=1S/C11H15N3O3S/c1-6-3-12-9(18-6)7(2)13-11(17)14-4-8(5-14)10(15)16/h3,7-8H,4-5H2,1-2H3,(H,13,17)(H,15,16). The summed E-state index contributed by atoms with van der Waals surface area (Å²) in [6, 6.07) is -0.382. The number of likely N-dealkylation sites (tertiary alicyclic amines) is 1. The lowest BCUT2D eigenvalue weighted by Crippen LogP contribution is -2.56. The molecule has 2 heterocycles. The number of nitrogens with one attached hydrogen (secondary N) is 1. The molecule has 0 aliphatic carbocycles. The topological polar surface area (TPSA) is 82.5 Å². The number of nitrogens with zero attached hydrogens (tertiary/aromatic N) is 2. The average molecular weight is 269 g/mol. The SMILES string of the molecule is Cc1cnc(C(C)NC(=O)N2CC(C(=O)O)C2)s1. The smallest absolute Gasteiger partial charge is 0.318 e. The summed E-state index contributed by atoms with van der Waals surface area (Å²) in [4.78, 5) is 29.2. The molecule has 1 aliphatic heterocycles. The maximum absolute atomic E-state index is 11.8. The van der Waals surface area contributed by atoms with Gasteiger partial charge in [0.2, 0.25) is 0 Å². The van der Waals surface area contributed by atoms with Crippen molar-refractivity contribution in [3.63, 3.8) is 0 Å². The summed E-state index contributed by atoms with van der Waals surface area (Å²) in [5, 5.41) is 12.4. The lowest BCUT2D eigenvalue weighted by atomic mass is 10.0. The van der Waals surface area contributed by atoms with Gasteiger partial charge >= 0.3 is 12.0 Å². The summed E-state index contributed by atoms with van der Waals surface area (Å²) >= 11 is 1.54. The number of carboxylic acid groups (broad SMARTS) is 1. The third kappa shape index (κ3) is 2.61. The minimum absolute atomic E-state index is 0.153. The molecule has 98 valence electrons. The fraction of sp³-hybridized carbons (Fsp3) is 0.545. The zero-order valence-corrected chi connectivity index (χ0v) is 11.0. The quantitative estimate of drug-likeness (QED) is 0.864. The van der Waals surface area contributed by atoms with Crippen molar-refractivity contribution in [2.45, 2.75) is 19.9 Å². The third-order valence-electron chi connectivity index (χ3n) is 2.87. The van der Waals surface area contributed by atoms with Crippen molar-refractivity contribution in [2.24, 2.45) is 5.92 Å². The first-order valence-electron chi connectivity index (χ1n) is 5.68. The number of rotatable bonds is 3. The summed E-state index contributed by atoms with van der Waals surface area (Å²) in [5.41, 5.74) is 0. The van der Waals surface area contributed by atoms with E-state index in [0.717, 1.165) is 9.88 Å². The predicted molar refractivity (Wildman–Crippen MR) is 66.5 cm³/mol. The Labute approximate surface area is 109 Å². The van der Waals surface area contributed by atoms with Crippen LogP contribution in [-0.2, 0) is 4.79 Å². The molecule has 6 nitrogen and oxygen atoms in total. The highest BCUT2D eigenvalue weighted by atomic mass is 32.1. The number of hydrogen-bond donors (Lipinski definition) is 2. The van der Waals surface area contributed by atoms with Crippen molar-refractivity contribution in [1.82, 2.24) is 15.2 Å². The van der Waals surface area contributed by atoms with Crippen molar-refractivity contribution in [1.29, 1.82) is 0 Å². The van der Waals surface area contributed by atoms with Gasteiger partial charge in [-0.1, -0.05) is 0 Å². The summed E-state index contributed by atoms with van der Waals surface area (Å²) < 4.78 is 0. The van der Waals surface area contributed by atoms with E-state index >= 15 is 0 Å². The Morgan fingerprint density at radius 1 is 1.61 bits per heavy atom. The van der Waals surface area contributed by atoms with E-state index in [1.54, 1.807) is 17.5 Å². The van der Waals surface area contributed by atoms with E-state index in [1.807, 2.05) is 13.8 Å². The lowest BCUT2D eigenvalue weighted by molar-refractivity contribution is -0.146. The highest BCUT2D eigenvalue weighted by Gasteiger charge is 2.36. The number of thiazole rings is 1. The maximum atomic E-state index is 11.8. The molecule has 1 atom stereocenters. The Bertz CT molecular complexity index is 468. The van der Waals surface area contributed by atoms with Crippen molar-refractivity contribution >= 4 is 23.3 Å². The van der Waals surface area contributed by atoms with Crippen LogP contribution in [-0.4, -0.2) is 40.1 Å². The van der Waals surface area contributed by atoms with E-state index in [9.17, 15) is 9.59 Å². The van der Waals surface area contributed by atoms with E-state index in [-0.39, 0.29) is 25.2 Å². The number of carbonyl (C=O) groups excluding carboxylic acids is 1. The van der Waals surface area contributed by atoms with Gasteiger partial charge in [0.25, 0.3) is 0 Å². The summed E-state index contributed by atoms with van der Waals surface area (Å²) in [6.45, 7) is 4.39. The van der Waals surface area contributed by atoms with Gasteiger partial charge in [0.15, 0.2) is 0 Å². The Morgan fingerprint density at radius 3 is 2.78 bits per heavy atom. The van der Waals surface area contributed by atoms with E-state index in [0.29, 0.717) is 0 Å². The first kappa shape index (κ1) is 12.8. The van der Waals surface area contributed by atoms with Gasteiger partial charge in [-0.15, -0.1) is 11.3 Å². The normalized spacial score (nSPS) is 17.1. The van der Waals surface area contributed by atoms with Gasteiger partial charge in [-0.2, -0.15) is 0 Å². The molecule has 2 amide bonds. The molecule has 1 saturated heterocycles. The van der Waals surface area contributed by atoms with Crippen molar-refractivity contribution in [2.75, 3.05) is 13.1 Å². The minimum Gasteiger partial charge on any atom is -0.481 e. The number of amides is 2. The second kappa shape index (κ2) is 4.93. The molecular formula is C11H15N3O3S. The number of aliphatic carboxylic acids is 1. The number of hydrogen-bond acceptors (Lipinski definition) is 4. The van der Waals surface area contributed by atoms with Crippen LogP contribution in [0, 0.1) is 12.8 Å². The number of carboxylic acids is 1. The molecule has 0 aromatic carbocycles. The number of urea groups is 1. The second-order valence-corrected chi connectivity index (χ2v) is 5.69. The van der Waals surface area contributed by atoms with Crippen LogP contribution in [0.5, 0.6) is 0 Å². The molecule has 2 N–H and O–H groups in total. The number of aromatic nitrogens is 1. The largest absolute Gasteiger partial charge is 0.481 e. The van der Waals surface area contributed by atoms with Crippen molar-refractivity contribution < 1.29 is 14.7 Å². The zero-order chi connectivity index (χ0) is 13.3. The van der Waals surface area contributed by atoms with Gasteiger partial charge in [-0.3, -0.25) is 4.79 Å². The number of aryl methyl sites for hydroxylation is 1. The molecule has 0 radical (unpaired) electrons. The zero-order valence-electron chi connectivity index (χ0n) is 10.2. The molecule has 1 unspecified atom stereocenters. The molecule has 0 saturated carbocycles. The Kier molecular flexibility index (Phi) is 3.51. The van der Waals surface area contributed by atoms with Gasteiger partial charge in [0.1, 0.15) is 5.01 Å². The lowest BCUT2D eigenvalue weighted by Gasteiger charge is -2.37. The van der Waals surface area contributed by atoms with E-state index in [4.69, 9.17) is 5.11 Å². The van der Waals surface area contributed by atoms with E-state index in [2.05, 4.69) is 10.3 Å². The van der Waals surface area contributed by atoms with Crippen molar-refractivity contribution in [3.05, 3.63) is 16.1 Å². The second-order valence-electron chi connectivity index (χ2n) is 4.42. The molecule has 7 heteroatoms. The minimum atomic E-state index is -0.845. The molecule has 18 heavy (non-hydrogen) atoms. The summed E-state index contributed by atoms with van der Waals surface area (Å²) in [6.07, 6.45) is 1.77. The van der Waals surface area contributed by atoms with Gasteiger partial charge in [0, 0.05) is 24.2 Å². The molecule has 1 aromatic heterocycles. The van der Waals surface area contributed by atoms with Gasteiger partial charge < -0.3 is 15.3 Å². The Balaban J connectivity index is 1.84. The Hall–Kier alpha value is -1.63. The monoisotopic (exact) mass is 269 g/mol. The highest BCUT2D eigenvalue weighted by Crippen LogP contribution is 2.21. The fourth-order valence-electron chi connectivity index (χ4n) is 1.71. The van der Waals surface area contributed by atoms with Crippen LogP contribution < -0.4 is 5.32 Å². The fourth-order valence-corrected chi connectivity index (χ4v) is 2.49. The van der Waals surface area contributed by atoms with Crippen LogP contribution in [0.3, 0.4) is 0 Å². The van der Waals surface area contributed by atoms with Crippen LogP contribution in [0.2, 0.25) is 0 Å². The van der Waals surface area contributed by atoms with Crippen LogP contribution in [0.1, 0.15) is 22.9 Å². The maximum Gasteiger partial charge on any atom is 0.318 e. The molecular weight excluding hydrogens is 254 g/mol. The van der Waals surface area contributed by atoms with Gasteiger partial charge in [-0.25, -0.2) is 9.78 Å². The first-order valence-corrected chi connectivity index (χ1v) is 6.49. The first-order chi connectivity index (χ1) is 8.47. The molecule has 0 spiro atoms. The highest BCUT2D eigenvalue weighted by molar-refractivity contribution is 7.11. The number of carbonyl (C=O) groups is 2. The molecule has 1 aliphatic rings. The third-order valence-corrected chi connectivity index (χ3v) is 3.96. The van der Waals surface area contributed by atoms with Crippen molar-refractivity contribution in [3.8, 4) is 0 Å². The van der Waals surface area contributed by atoms with E-state index in [1.165, 1.54) is 4.90 Å². The molecule has 1 aromatic rings. The molecule has 1 fully saturated rings. The molecule has 2 rings (SSSR count). The van der Waals surface area contributed by atoms with Gasteiger partial charge in [0.05, 0.1) is 12.0 Å². The van der Waals surface area contributed by atoms with Crippen LogP contribution in [0.15, 0.2) is 6.20 Å². The van der Waals surface area contributed by atoms with Crippen LogP contribution in [0.25, 0.3) is 0 Å². The van der Waals surface area contributed by atoms with E-state index < -0.39 is 11.9 Å². The van der Waals surface area contributed by atoms with Crippen LogP contribution >= 0.6 is 11.3 Å². The van der Waals surface area contributed by atoms with Crippen LogP contribution in [0.4, 0.5) is 4.79 Å². The Morgan fingerprint density at radius 2 is 2.28 bits per heavy atom. The van der Waals surface area contributed by atoms with Gasteiger partial charge in [-0.05, 0) is 13.8 Å². The average Bonchev–Trinajstić information content (AvgIpc) is 2.61. The summed E-state index contributed by atoms with van der Waals surface area (Å²) in [7, 11) is 0.